The third-order valence-electron chi connectivity index (χ3n) is 6.40. The molecular formula is C25H32N6O. The van der Waals surface area contributed by atoms with Gasteiger partial charge in [-0.1, -0.05) is 32.9 Å². The zero-order valence-electron chi connectivity index (χ0n) is 19.9. The number of aryl methyl sites for hydroxylation is 1. The standard InChI is InChI=1S/C25H32N6O/c1-17-18(2)28-31(19(17)3)23-12-11-22(26-27-23)29-13-15-30(16-14-29)24(32)20-7-9-21(10-8-20)25(4,5)6/h7-12H,13-16H2,1-6H3. The van der Waals surface area contributed by atoms with Crippen molar-refractivity contribution in [3.8, 4) is 5.82 Å². The Bertz CT molecular complexity index is 1100. The third-order valence-corrected chi connectivity index (χ3v) is 6.40. The maximum atomic E-state index is 12.9. The summed E-state index contributed by atoms with van der Waals surface area (Å²) in [4.78, 5) is 17.0. The lowest BCUT2D eigenvalue weighted by molar-refractivity contribution is 0.0746. The van der Waals surface area contributed by atoms with E-state index in [0.29, 0.717) is 13.1 Å². The molecule has 0 unspecified atom stereocenters. The van der Waals surface area contributed by atoms with E-state index in [1.165, 1.54) is 11.1 Å². The zero-order valence-corrected chi connectivity index (χ0v) is 19.9. The lowest BCUT2D eigenvalue weighted by Gasteiger charge is -2.35. The lowest BCUT2D eigenvalue weighted by atomic mass is 9.86. The van der Waals surface area contributed by atoms with Gasteiger partial charge in [-0.05, 0) is 61.6 Å². The van der Waals surface area contributed by atoms with Crippen molar-refractivity contribution in [3.05, 3.63) is 64.5 Å². The van der Waals surface area contributed by atoms with E-state index in [-0.39, 0.29) is 11.3 Å². The molecule has 2 aromatic heterocycles. The molecule has 3 heterocycles. The predicted octanol–water partition coefficient (Wildman–Crippen LogP) is 3.85. The van der Waals surface area contributed by atoms with Crippen LogP contribution >= 0.6 is 0 Å². The van der Waals surface area contributed by atoms with E-state index in [0.717, 1.165) is 41.7 Å². The van der Waals surface area contributed by atoms with Crippen LogP contribution in [0, 0.1) is 20.8 Å². The number of carbonyl (C=O) groups is 1. The minimum Gasteiger partial charge on any atom is -0.352 e. The van der Waals surface area contributed by atoms with Gasteiger partial charge in [0.15, 0.2) is 11.6 Å². The maximum Gasteiger partial charge on any atom is 0.253 e. The molecule has 1 aliphatic heterocycles. The van der Waals surface area contributed by atoms with Crippen molar-refractivity contribution in [1.82, 2.24) is 24.9 Å². The van der Waals surface area contributed by atoms with Crippen LogP contribution in [0.5, 0.6) is 0 Å². The number of piperazine rings is 1. The molecule has 1 fully saturated rings. The molecular weight excluding hydrogens is 400 g/mol. The van der Waals surface area contributed by atoms with E-state index in [2.05, 4.69) is 60.0 Å². The van der Waals surface area contributed by atoms with E-state index >= 15 is 0 Å². The van der Waals surface area contributed by atoms with Gasteiger partial charge in [0.2, 0.25) is 0 Å². The second-order valence-electron chi connectivity index (χ2n) is 9.56. The second-order valence-corrected chi connectivity index (χ2v) is 9.56. The van der Waals surface area contributed by atoms with Crippen LogP contribution in [0.3, 0.4) is 0 Å². The summed E-state index contributed by atoms with van der Waals surface area (Å²) in [5.74, 6) is 1.63. The summed E-state index contributed by atoms with van der Waals surface area (Å²) < 4.78 is 1.84. The van der Waals surface area contributed by atoms with Crippen LogP contribution in [0.4, 0.5) is 5.82 Å². The highest BCUT2D eigenvalue weighted by atomic mass is 16.2. The highest BCUT2D eigenvalue weighted by Gasteiger charge is 2.24. The molecule has 1 aliphatic rings. The van der Waals surface area contributed by atoms with Crippen LogP contribution in [-0.2, 0) is 5.41 Å². The maximum absolute atomic E-state index is 12.9. The molecule has 1 saturated heterocycles. The number of nitrogens with zero attached hydrogens (tertiary/aromatic N) is 6. The molecule has 0 N–H and O–H groups in total. The van der Waals surface area contributed by atoms with Crippen LogP contribution in [0.1, 0.15) is 53.6 Å². The molecule has 7 heteroatoms. The average molecular weight is 433 g/mol. The molecule has 4 rings (SSSR count). The molecule has 32 heavy (non-hydrogen) atoms. The molecule has 3 aromatic rings. The minimum atomic E-state index is 0.0809. The summed E-state index contributed by atoms with van der Waals surface area (Å²) in [6.07, 6.45) is 0. The van der Waals surface area contributed by atoms with Gasteiger partial charge in [0, 0.05) is 37.4 Å². The number of rotatable bonds is 3. The largest absolute Gasteiger partial charge is 0.352 e. The normalized spacial score (nSPS) is 14.7. The summed E-state index contributed by atoms with van der Waals surface area (Å²) in [6, 6.07) is 11.9. The molecule has 0 atom stereocenters. The van der Waals surface area contributed by atoms with E-state index in [9.17, 15) is 4.79 Å². The molecule has 1 amide bonds. The van der Waals surface area contributed by atoms with Crippen LogP contribution in [-0.4, -0.2) is 57.0 Å². The van der Waals surface area contributed by atoms with Crippen molar-refractivity contribution in [2.45, 2.75) is 47.0 Å². The van der Waals surface area contributed by atoms with Crippen LogP contribution < -0.4 is 4.90 Å². The number of hydrogen-bond donors (Lipinski definition) is 0. The van der Waals surface area contributed by atoms with Gasteiger partial charge in [-0.25, -0.2) is 4.68 Å². The quantitative estimate of drug-likeness (QED) is 0.629. The smallest absolute Gasteiger partial charge is 0.253 e. The fourth-order valence-corrected chi connectivity index (χ4v) is 3.98. The van der Waals surface area contributed by atoms with E-state index in [1.807, 2.05) is 47.7 Å². The molecule has 0 radical (unpaired) electrons. The molecule has 0 spiro atoms. The third kappa shape index (κ3) is 4.24. The Balaban J connectivity index is 1.39. The van der Waals surface area contributed by atoms with Gasteiger partial charge in [0.25, 0.3) is 5.91 Å². The fourth-order valence-electron chi connectivity index (χ4n) is 3.98. The zero-order chi connectivity index (χ0) is 23.0. The van der Waals surface area contributed by atoms with Crippen LogP contribution in [0.2, 0.25) is 0 Å². The van der Waals surface area contributed by atoms with Crippen molar-refractivity contribution in [3.63, 3.8) is 0 Å². The first kappa shape index (κ1) is 22.0. The van der Waals surface area contributed by atoms with E-state index in [4.69, 9.17) is 0 Å². The Labute approximate surface area is 190 Å². The molecule has 0 saturated carbocycles. The molecule has 0 aliphatic carbocycles. The van der Waals surface area contributed by atoms with Gasteiger partial charge in [0.1, 0.15) is 0 Å². The van der Waals surface area contributed by atoms with Crippen molar-refractivity contribution in [1.29, 1.82) is 0 Å². The van der Waals surface area contributed by atoms with Crippen molar-refractivity contribution in [2.75, 3.05) is 31.1 Å². The van der Waals surface area contributed by atoms with E-state index in [1.54, 1.807) is 0 Å². The number of aromatic nitrogens is 4. The number of anilines is 1. The highest BCUT2D eigenvalue weighted by molar-refractivity contribution is 5.94. The van der Waals surface area contributed by atoms with Gasteiger partial charge in [-0.3, -0.25) is 4.79 Å². The Morgan fingerprint density at radius 2 is 1.44 bits per heavy atom. The number of amides is 1. The fraction of sp³-hybridized carbons (Fsp3) is 0.440. The Hall–Kier alpha value is -3.22. The number of benzene rings is 1. The monoisotopic (exact) mass is 432 g/mol. The van der Waals surface area contributed by atoms with Gasteiger partial charge < -0.3 is 9.80 Å². The van der Waals surface area contributed by atoms with Gasteiger partial charge in [-0.15, -0.1) is 10.2 Å². The Morgan fingerprint density at radius 3 is 1.94 bits per heavy atom. The molecule has 7 nitrogen and oxygen atoms in total. The topological polar surface area (TPSA) is 67.2 Å². The summed E-state index contributed by atoms with van der Waals surface area (Å²) in [7, 11) is 0. The lowest BCUT2D eigenvalue weighted by Crippen LogP contribution is -2.49. The minimum absolute atomic E-state index is 0.0809. The van der Waals surface area contributed by atoms with Crippen molar-refractivity contribution < 1.29 is 4.79 Å². The first-order valence-electron chi connectivity index (χ1n) is 11.2. The summed E-state index contributed by atoms with van der Waals surface area (Å²) in [5.41, 5.74) is 5.31. The van der Waals surface area contributed by atoms with Crippen molar-refractivity contribution >= 4 is 11.7 Å². The van der Waals surface area contributed by atoms with Gasteiger partial charge >= 0.3 is 0 Å². The number of hydrogen-bond acceptors (Lipinski definition) is 5. The highest BCUT2D eigenvalue weighted by Crippen LogP contribution is 2.23. The van der Waals surface area contributed by atoms with Gasteiger partial charge in [0.05, 0.1) is 5.69 Å². The summed E-state index contributed by atoms with van der Waals surface area (Å²) in [5, 5.41) is 13.4. The molecule has 168 valence electrons. The van der Waals surface area contributed by atoms with Crippen molar-refractivity contribution in [2.24, 2.45) is 0 Å². The average Bonchev–Trinajstić information content (AvgIpc) is 3.05. The molecule has 1 aromatic carbocycles. The first-order valence-corrected chi connectivity index (χ1v) is 11.2. The Morgan fingerprint density at radius 1 is 0.844 bits per heavy atom. The van der Waals surface area contributed by atoms with Crippen LogP contribution in [0.15, 0.2) is 36.4 Å². The molecule has 0 bridgehead atoms. The number of carbonyl (C=O) groups excluding carboxylic acids is 1. The SMILES string of the molecule is Cc1nn(-c2ccc(N3CCN(C(=O)c4ccc(C(C)(C)C)cc4)CC3)nn2)c(C)c1C. The summed E-state index contributed by atoms with van der Waals surface area (Å²) in [6.45, 7) is 15.4. The summed E-state index contributed by atoms with van der Waals surface area (Å²) >= 11 is 0. The van der Waals surface area contributed by atoms with Gasteiger partial charge in [-0.2, -0.15) is 5.10 Å². The van der Waals surface area contributed by atoms with Crippen LogP contribution in [0.25, 0.3) is 5.82 Å². The Kier molecular flexibility index (Phi) is 5.75. The second kappa shape index (κ2) is 8.37. The predicted molar refractivity (Wildman–Crippen MR) is 127 cm³/mol. The van der Waals surface area contributed by atoms with E-state index < -0.39 is 0 Å². The first-order chi connectivity index (χ1) is 15.1.